The second-order valence-electron chi connectivity index (χ2n) is 8.53. The first-order chi connectivity index (χ1) is 12.3. The minimum absolute atomic E-state index is 0. The lowest BCUT2D eigenvalue weighted by Crippen LogP contribution is -2.42. The summed E-state index contributed by atoms with van der Waals surface area (Å²) in [7, 11) is 2.29. The molecule has 4 rings (SSSR count). The molecule has 0 aromatic carbocycles. The Morgan fingerprint density at radius 1 is 1.08 bits per heavy atom. The SMILES string of the molecule is CCNC(=NCCN(C)C1CCCCC1)N1CC2C3CCC(O3)C2C1.I. The van der Waals surface area contributed by atoms with Crippen molar-refractivity contribution in [3.8, 4) is 0 Å². The van der Waals surface area contributed by atoms with Gasteiger partial charge in [0, 0.05) is 44.1 Å². The number of guanidine groups is 1. The van der Waals surface area contributed by atoms with Crippen molar-refractivity contribution in [1.82, 2.24) is 15.1 Å². The Morgan fingerprint density at radius 3 is 2.35 bits per heavy atom. The molecule has 150 valence electrons. The van der Waals surface area contributed by atoms with Gasteiger partial charge in [-0.05, 0) is 39.7 Å². The highest BCUT2D eigenvalue weighted by atomic mass is 127. The van der Waals surface area contributed by atoms with Crippen LogP contribution in [-0.4, -0.2) is 73.8 Å². The number of rotatable bonds is 5. The third-order valence-corrected chi connectivity index (χ3v) is 7.00. The highest BCUT2D eigenvalue weighted by Crippen LogP contribution is 2.47. The summed E-state index contributed by atoms with van der Waals surface area (Å²) in [6, 6.07) is 0.783. The normalized spacial score (nSPS) is 34.3. The number of halogens is 1. The van der Waals surface area contributed by atoms with Gasteiger partial charge in [-0.15, -0.1) is 24.0 Å². The largest absolute Gasteiger partial charge is 0.374 e. The first-order valence-corrected chi connectivity index (χ1v) is 10.6. The minimum atomic E-state index is 0. The Labute approximate surface area is 176 Å². The fraction of sp³-hybridized carbons (Fsp3) is 0.950. The van der Waals surface area contributed by atoms with Crippen LogP contribution in [0.4, 0.5) is 0 Å². The lowest BCUT2D eigenvalue weighted by atomic mass is 9.82. The van der Waals surface area contributed by atoms with Crippen molar-refractivity contribution in [2.45, 2.75) is 70.1 Å². The van der Waals surface area contributed by atoms with Gasteiger partial charge in [-0.2, -0.15) is 0 Å². The van der Waals surface area contributed by atoms with E-state index in [1.165, 1.54) is 44.9 Å². The van der Waals surface area contributed by atoms with Gasteiger partial charge in [-0.3, -0.25) is 4.99 Å². The number of hydrogen-bond acceptors (Lipinski definition) is 3. The van der Waals surface area contributed by atoms with Gasteiger partial charge >= 0.3 is 0 Å². The van der Waals surface area contributed by atoms with E-state index in [1.54, 1.807) is 0 Å². The van der Waals surface area contributed by atoms with Crippen molar-refractivity contribution in [2.75, 3.05) is 39.8 Å². The summed E-state index contributed by atoms with van der Waals surface area (Å²) in [6.45, 7) is 7.38. The summed E-state index contributed by atoms with van der Waals surface area (Å²) < 4.78 is 6.11. The molecule has 0 aromatic heterocycles. The van der Waals surface area contributed by atoms with Gasteiger partial charge < -0.3 is 19.9 Å². The van der Waals surface area contributed by atoms with Gasteiger partial charge in [-0.25, -0.2) is 0 Å². The number of hydrogen-bond donors (Lipinski definition) is 1. The zero-order valence-electron chi connectivity index (χ0n) is 16.5. The first-order valence-electron chi connectivity index (χ1n) is 10.6. The molecule has 4 unspecified atom stereocenters. The Balaban J connectivity index is 0.00000196. The third-order valence-electron chi connectivity index (χ3n) is 7.00. The number of nitrogens with one attached hydrogen (secondary N) is 1. The minimum Gasteiger partial charge on any atom is -0.374 e. The van der Waals surface area contributed by atoms with E-state index < -0.39 is 0 Å². The summed E-state index contributed by atoms with van der Waals surface area (Å²) in [4.78, 5) is 10.0. The number of ether oxygens (including phenoxy) is 1. The van der Waals surface area contributed by atoms with Gasteiger partial charge in [0.15, 0.2) is 5.96 Å². The summed E-state index contributed by atoms with van der Waals surface area (Å²) in [5.74, 6) is 2.62. The van der Waals surface area contributed by atoms with Crippen molar-refractivity contribution < 1.29 is 4.74 Å². The topological polar surface area (TPSA) is 40.1 Å². The molecule has 0 radical (unpaired) electrons. The van der Waals surface area contributed by atoms with Gasteiger partial charge in [0.05, 0.1) is 18.8 Å². The smallest absolute Gasteiger partial charge is 0.193 e. The Bertz CT molecular complexity index is 464. The van der Waals surface area contributed by atoms with E-state index in [0.717, 1.165) is 56.6 Å². The van der Waals surface area contributed by atoms with E-state index in [2.05, 4.69) is 29.1 Å². The maximum absolute atomic E-state index is 6.11. The molecule has 1 N–H and O–H groups in total. The zero-order chi connectivity index (χ0) is 17.2. The van der Waals surface area contributed by atoms with Crippen molar-refractivity contribution in [1.29, 1.82) is 0 Å². The van der Waals surface area contributed by atoms with Crippen molar-refractivity contribution >= 4 is 29.9 Å². The molecule has 2 bridgehead atoms. The molecule has 0 amide bonds. The number of nitrogens with zero attached hydrogens (tertiary/aromatic N) is 3. The summed E-state index contributed by atoms with van der Waals surface area (Å²) in [5, 5.41) is 3.53. The summed E-state index contributed by atoms with van der Waals surface area (Å²) in [6.07, 6.45) is 10.6. The van der Waals surface area contributed by atoms with Crippen LogP contribution in [0.3, 0.4) is 0 Å². The molecule has 6 heteroatoms. The average molecular weight is 476 g/mol. The first kappa shape index (κ1) is 20.6. The summed E-state index contributed by atoms with van der Waals surface area (Å²) >= 11 is 0. The fourth-order valence-corrected chi connectivity index (χ4v) is 5.58. The van der Waals surface area contributed by atoms with Crippen LogP contribution < -0.4 is 5.32 Å². The van der Waals surface area contributed by atoms with Crippen LogP contribution in [0, 0.1) is 11.8 Å². The molecule has 0 aromatic rings. The molecule has 4 fully saturated rings. The quantitative estimate of drug-likeness (QED) is 0.377. The standard InChI is InChI=1S/C20H36N4O.HI/c1-3-21-20(22-11-12-23(2)15-7-5-4-6-8-15)24-13-16-17(14-24)19-10-9-18(16)25-19;/h15-19H,3-14H2,1-2H3,(H,21,22);1H. The van der Waals surface area contributed by atoms with E-state index in [9.17, 15) is 0 Å². The average Bonchev–Trinajstić information content (AvgIpc) is 3.34. The predicted octanol–water partition coefficient (Wildman–Crippen LogP) is 2.94. The zero-order valence-corrected chi connectivity index (χ0v) is 18.9. The second-order valence-corrected chi connectivity index (χ2v) is 8.53. The molecular formula is C20H37IN4O. The van der Waals surface area contributed by atoms with Crippen LogP contribution in [0.2, 0.25) is 0 Å². The predicted molar refractivity (Wildman–Crippen MR) is 117 cm³/mol. The van der Waals surface area contributed by atoms with E-state index >= 15 is 0 Å². The number of aliphatic imine (C=N–C) groups is 1. The monoisotopic (exact) mass is 476 g/mol. The Kier molecular flexibility index (Phi) is 7.48. The molecule has 3 saturated heterocycles. The molecule has 4 aliphatic rings. The highest BCUT2D eigenvalue weighted by molar-refractivity contribution is 14.0. The van der Waals surface area contributed by atoms with E-state index in [0.29, 0.717) is 12.2 Å². The molecular weight excluding hydrogens is 439 g/mol. The van der Waals surface area contributed by atoms with Gasteiger partial charge in [0.25, 0.3) is 0 Å². The number of fused-ring (bicyclic) bond motifs is 5. The molecule has 3 heterocycles. The second kappa shape index (κ2) is 9.41. The van der Waals surface area contributed by atoms with Gasteiger partial charge in [0.2, 0.25) is 0 Å². The molecule has 0 spiro atoms. The van der Waals surface area contributed by atoms with Crippen molar-refractivity contribution in [3.05, 3.63) is 0 Å². The number of likely N-dealkylation sites (tertiary alicyclic amines) is 1. The van der Waals surface area contributed by atoms with E-state index in [-0.39, 0.29) is 24.0 Å². The fourth-order valence-electron chi connectivity index (χ4n) is 5.58. The molecule has 1 aliphatic carbocycles. The van der Waals surface area contributed by atoms with Crippen molar-refractivity contribution in [2.24, 2.45) is 16.8 Å². The lowest BCUT2D eigenvalue weighted by molar-refractivity contribution is 0.0767. The lowest BCUT2D eigenvalue weighted by Gasteiger charge is -2.31. The van der Waals surface area contributed by atoms with Crippen LogP contribution >= 0.6 is 24.0 Å². The maximum Gasteiger partial charge on any atom is 0.193 e. The van der Waals surface area contributed by atoms with Crippen LogP contribution in [0.1, 0.15) is 51.9 Å². The van der Waals surface area contributed by atoms with E-state index in [1.807, 2.05) is 0 Å². The van der Waals surface area contributed by atoms with Crippen LogP contribution in [-0.2, 0) is 4.74 Å². The third kappa shape index (κ3) is 4.32. The Morgan fingerprint density at radius 2 is 1.73 bits per heavy atom. The highest BCUT2D eigenvalue weighted by Gasteiger charge is 2.53. The van der Waals surface area contributed by atoms with Crippen molar-refractivity contribution in [3.63, 3.8) is 0 Å². The molecule has 5 nitrogen and oxygen atoms in total. The van der Waals surface area contributed by atoms with Crippen LogP contribution in [0.5, 0.6) is 0 Å². The van der Waals surface area contributed by atoms with Gasteiger partial charge in [0.1, 0.15) is 0 Å². The maximum atomic E-state index is 6.11. The molecule has 3 aliphatic heterocycles. The van der Waals surface area contributed by atoms with Crippen LogP contribution in [0.15, 0.2) is 4.99 Å². The van der Waals surface area contributed by atoms with E-state index in [4.69, 9.17) is 9.73 Å². The van der Waals surface area contributed by atoms with Gasteiger partial charge in [-0.1, -0.05) is 19.3 Å². The molecule has 26 heavy (non-hydrogen) atoms. The summed E-state index contributed by atoms with van der Waals surface area (Å²) in [5.41, 5.74) is 0. The number of likely N-dealkylation sites (N-methyl/N-ethyl adjacent to an activating group) is 1. The molecule has 4 atom stereocenters. The molecule has 1 saturated carbocycles. The van der Waals surface area contributed by atoms with Crippen LogP contribution in [0.25, 0.3) is 0 Å². The Hall–Kier alpha value is -0.0800.